The molecule has 0 aliphatic carbocycles. The summed E-state index contributed by atoms with van der Waals surface area (Å²) in [7, 11) is -0.857. The van der Waals surface area contributed by atoms with Gasteiger partial charge in [0.25, 0.3) is 0 Å². The number of nitrogens with zero attached hydrogens (tertiary/aromatic N) is 4. The third-order valence-corrected chi connectivity index (χ3v) is 6.85. The van der Waals surface area contributed by atoms with E-state index in [-0.39, 0.29) is 30.8 Å². The highest BCUT2D eigenvalue weighted by atomic mass is 32.2. The van der Waals surface area contributed by atoms with Crippen LogP contribution in [0.3, 0.4) is 0 Å². The third kappa shape index (κ3) is 4.93. The fourth-order valence-electron chi connectivity index (χ4n) is 3.32. The first-order valence-electron chi connectivity index (χ1n) is 9.33. The van der Waals surface area contributed by atoms with Crippen LogP contribution < -0.4 is 0 Å². The van der Waals surface area contributed by atoms with Crippen LogP contribution in [0.4, 0.5) is 13.2 Å². The van der Waals surface area contributed by atoms with E-state index in [1.165, 1.54) is 16.4 Å². The first-order chi connectivity index (χ1) is 14.0. The maximum atomic E-state index is 12.8. The Balaban J connectivity index is 1.76. The van der Waals surface area contributed by atoms with Crippen molar-refractivity contribution in [3.63, 3.8) is 0 Å². The predicted molar refractivity (Wildman–Crippen MR) is 102 cm³/mol. The molecular formula is C18H23F3N4O4S. The lowest BCUT2D eigenvalue weighted by Gasteiger charge is -2.26. The van der Waals surface area contributed by atoms with E-state index in [9.17, 15) is 26.4 Å². The number of aromatic nitrogens is 2. The quantitative estimate of drug-likeness (QED) is 0.670. The van der Waals surface area contributed by atoms with Gasteiger partial charge in [0.15, 0.2) is 0 Å². The molecule has 0 spiro atoms. The van der Waals surface area contributed by atoms with E-state index in [0.717, 1.165) is 7.05 Å². The predicted octanol–water partition coefficient (Wildman–Crippen LogP) is 1.55. The van der Waals surface area contributed by atoms with Gasteiger partial charge < -0.3 is 14.2 Å². The molecule has 1 saturated heterocycles. The molecule has 8 nitrogen and oxygen atoms in total. The molecule has 1 aliphatic rings. The third-order valence-electron chi connectivity index (χ3n) is 4.96. The van der Waals surface area contributed by atoms with Gasteiger partial charge in [-0.3, -0.25) is 4.79 Å². The number of alkyl halides is 3. The van der Waals surface area contributed by atoms with E-state index in [2.05, 4.69) is 4.98 Å². The molecule has 0 atom stereocenters. The van der Waals surface area contributed by atoms with E-state index in [1.54, 1.807) is 17.7 Å². The standard InChI is InChI=1S/C18H23F3N4O4S/c1-23(12-18(19,20)21)17(26)6-5-16-22-14-11-13(3-4-15(14)24(16)2)30(27,28)25-7-9-29-10-8-25/h3-4,11H,5-10,12H2,1-2H3. The van der Waals surface area contributed by atoms with Crippen LogP contribution in [0.1, 0.15) is 12.2 Å². The SMILES string of the molecule is CN(CC(F)(F)F)C(=O)CCc1nc2cc(S(=O)(=O)N3CCOCC3)ccc2n1C. The highest BCUT2D eigenvalue weighted by Gasteiger charge is 2.31. The molecule has 1 aromatic heterocycles. The van der Waals surface area contributed by atoms with Gasteiger partial charge in [-0.1, -0.05) is 0 Å². The molecule has 3 rings (SSSR count). The monoisotopic (exact) mass is 448 g/mol. The van der Waals surface area contributed by atoms with E-state index in [1.807, 2.05) is 0 Å². The Kier molecular flexibility index (Phi) is 6.39. The van der Waals surface area contributed by atoms with Gasteiger partial charge in [0.05, 0.1) is 29.1 Å². The van der Waals surface area contributed by atoms with Gasteiger partial charge in [0.1, 0.15) is 12.4 Å². The number of carbonyl (C=O) groups excluding carboxylic acids is 1. The van der Waals surface area contributed by atoms with Crippen molar-refractivity contribution in [3.05, 3.63) is 24.0 Å². The Hall–Kier alpha value is -2.18. The van der Waals surface area contributed by atoms with Gasteiger partial charge in [0.2, 0.25) is 15.9 Å². The summed E-state index contributed by atoms with van der Waals surface area (Å²) in [6.07, 6.45) is -4.45. The van der Waals surface area contributed by atoms with Crippen LogP contribution >= 0.6 is 0 Å². The van der Waals surface area contributed by atoms with Gasteiger partial charge in [-0.05, 0) is 18.2 Å². The van der Waals surface area contributed by atoms with Crippen molar-refractivity contribution < 1.29 is 31.1 Å². The fourth-order valence-corrected chi connectivity index (χ4v) is 4.74. The molecule has 12 heteroatoms. The average Bonchev–Trinajstić information content (AvgIpc) is 3.00. The number of amides is 1. The van der Waals surface area contributed by atoms with E-state index in [0.29, 0.717) is 35.0 Å². The lowest BCUT2D eigenvalue weighted by molar-refractivity contribution is -0.158. The summed E-state index contributed by atoms with van der Waals surface area (Å²) >= 11 is 0. The van der Waals surface area contributed by atoms with Gasteiger partial charge in [-0.15, -0.1) is 0 Å². The number of ether oxygens (including phenoxy) is 1. The summed E-state index contributed by atoms with van der Waals surface area (Å²) in [6, 6.07) is 4.61. The lowest BCUT2D eigenvalue weighted by atomic mass is 10.2. The van der Waals surface area contributed by atoms with E-state index < -0.39 is 28.7 Å². The lowest BCUT2D eigenvalue weighted by Crippen LogP contribution is -2.40. The fraction of sp³-hybridized carbons (Fsp3) is 0.556. The number of sulfonamides is 1. The van der Waals surface area contributed by atoms with E-state index in [4.69, 9.17) is 4.74 Å². The largest absolute Gasteiger partial charge is 0.406 e. The molecular weight excluding hydrogens is 425 g/mol. The molecule has 166 valence electrons. The zero-order chi connectivity index (χ0) is 22.1. The molecule has 1 amide bonds. The topological polar surface area (TPSA) is 84.7 Å². The number of imidazole rings is 1. The summed E-state index contributed by atoms with van der Waals surface area (Å²) in [5.41, 5.74) is 1.11. The number of halogens is 3. The molecule has 0 saturated carbocycles. The Morgan fingerprint density at radius 1 is 1.27 bits per heavy atom. The van der Waals surface area contributed by atoms with Crippen molar-refractivity contribution in [2.45, 2.75) is 23.9 Å². The Morgan fingerprint density at radius 2 is 1.93 bits per heavy atom. The minimum absolute atomic E-state index is 0.113. The summed E-state index contributed by atoms with van der Waals surface area (Å²) in [5, 5.41) is 0. The number of hydrogen-bond donors (Lipinski definition) is 0. The number of carbonyl (C=O) groups is 1. The maximum absolute atomic E-state index is 12.8. The van der Waals surface area contributed by atoms with Crippen molar-refractivity contribution in [2.75, 3.05) is 39.9 Å². The molecule has 0 N–H and O–H groups in total. The summed E-state index contributed by atoms with van der Waals surface area (Å²) in [5.74, 6) is -0.158. The number of morpholine rings is 1. The van der Waals surface area contributed by atoms with Gasteiger partial charge in [0, 0.05) is 40.0 Å². The minimum Gasteiger partial charge on any atom is -0.379 e. The van der Waals surface area contributed by atoms with Crippen molar-refractivity contribution in [1.29, 1.82) is 0 Å². The van der Waals surface area contributed by atoms with Crippen LogP contribution in [0.25, 0.3) is 11.0 Å². The molecule has 0 radical (unpaired) electrons. The first kappa shape index (κ1) is 22.5. The van der Waals surface area contributed by atoms with Crippen molar-refractivity contribution in [1.82, 2.24) is 18.8 Å². The van der Waals surface area contributed by atoms with Crippen LogP contribution in [-0.2, 0) is 33.0 Å². The highest BCUT2D eigenvalue weighted by molar-refractivity contribution is 7.89. The highest BCUT2D eigenvalue weighted by Crippen LogP contribution is 2.23. The molecule has 0 unspecified atom stereocenters. The Bertz CT molecular complexity index is 1030. The average molecular weight is 448 g/mol. The van der Waals surface area contributed by atoms with Gasteiger partial charge >= 0.3 is 6.18 Å². The molecule has 1 fully saturated rings. The molecule has 2 heterocycles. The van der Waals surface area contributed by atoms with Crippen molar-refractivity contribution >= 4 is 27.0 Å². The molecule has 1 aromatic carbocycles. The molecule has 1 aliphatic heterocycles. The summed E-state index contributed by atoms with van der Waals surface area (Å²) < 4.78 is 71.2. The molecule has 30 heavy (non-hydrogen) atoms. The number of aryl methyl sites for hydroxylation is 2. The number of fused-ring (bicyclic) bond motifs is 1. The number of rotatable bonds is 6. The molecule has 0 bridgehead atoms. The van der Waals surface area contributed by atoms with Crippen molar-refractivity contribution in [3.8, 4) is 0 Å². The Morgan fingerprint density at radius 3 is 2.57 bits per heavy atom. The smallest absolute Gasteiger partial charge is 0.379 e. The Labute approximate surface area is 172 Å². The number of benzene rings is 1. The number of hydrogen-bond acceptors (Lipinski definition) is 5. The summed E-state index contributed by atoms with van der Waals surface area (Å²) in [6.45, 7) is -0.0715. The maximum Gasteiger partial charge on any atom is 0.406 e. The van der Waals surface area contributed by atoms with Crippen LogP contribution in [0, 0.1) is 0 Å². The zero-order valence-corrected chi connectivity index (χ0v) is 17.5. The van der Waals surface area contributed by atoms with Crippen LogP contribution in [0.15, 0.2) is 23.1 Å². The minimum atomic E-state index is -4.45. The van der Waals surface area contributed by atoms with Crippen LogP contribution in [0.2, 0.25) is 0 Å². The summed E-state index contributed by atoms with van der Waals surface area (Å²) in [4.78, 5) is 17.1. The second kappa shape index (κ2) is 8.52. The molecule has 2 aromatic rings. The normalized spacial score (nSPS) is 16.2. The second-order valence-corrected chi connectivity index (χ2v) is 9.06. The first-order valence-corrected chi connectivity index (χ1v) is 10.8. The van der Waals surface area contributed by atoms with Crippen LogP contribution in [-0.4, -0.2) is 79.2 Å². The zero-order valence-electron chi connectivity index (χ0n) is 16.6. The van der Waals surface area contributed by atoms with E-state index >= 15 is 0 Å². The van der Waals surface area contributed by atoms with Gasteiger partial charge in [-0.2, -0.15) is 17.5 Å². The van der Waals surface area contributed by atoms with Crippen LogP contribution in [0.5, 0.6) is 0 Å². The van der Waals surface area contributed by atoms with Gasteiger partial charge in [-0.25, -0.2) is 13.4 Å². The second-order valence-electron chi connectivity index (χ2n) is 7.12. The van der Waals surface area contributed by atoms with Crippen molar-refractivity contribution in [2.24, 2.45) is 7.05 Å².